The van der Waals surface area contributed by atoms with Crippen molar-refractivity contribution < 1.29 is 4.79 Å². The van der Waals surface area contributed by atoms with E-state index in [-0.39, 0.29) is 11.3 Å². The normalized spacial score (nSPS) is 16.4. The van der Waals surface area contributed by atoms with E-state index in [1.54, 1.807) is 6.08 Å². The van der Waals surface area contributed by atoms with Crippen LogP contribution in [0.25, 0.3) is 6.08 Å². The predicted molar refractivity (Wildman–Crippen MR) is 101 cm³/mol. The van der Waals surface area contributed by atoms with Gasteiger partial charge in [-0.25, -0.2) is 0 Å². The zero-order chi connectivity index (χ0) is 17.9. The average Bonchev–Trinajstić information content (AvgIpc) is 3.19. The first-order valence-electron chi connectivity index (χ1n) is 9.03. The molecule has 1 aromatic carbocycles. The Morgan fingerprint density at radius 3 is 2.52 bits per heavy atom. The van der Waals surface area contributed by atoms with E-state index in [0.717, 1.165) is 29.8 Å². The molecule has 0 aliphatic heterocycles. The van der Waals surface area contributed by atoms with Gasteiger partial charge in [0.15, 0.2) is 0 Å². The Kier molecular flexibility index (Phi) is 5.07. The summed E-state index contributed by atoms with van der Waals surface area (Å²) in [6.45, 7) is 4.68. The molecule has 4 heteroatoms. The van der Waals surface area contributed by atoms with Crippen LogP contribution in [0.1, 0.15) is 48.2 Å². The molecular weight excluding hydrogens is 310 g/mol. The fourth-order valence-electron chi connectivity index (χ4n) is 3.92. The number of hydrogen-bond acceptors (Lipinski definition) is 2. The number of carbonyl (C=O) groups is 1. The van der Waals surface area contributed by atoms with Crippen molar-refractivity contribution in [1.82, 2.24) is 15.1 Å². The van der Waals surface area contributed by atoms with Crippen LogP contribution in [0.3, 0.4) is 0 Å². The SMILES string of the molecule is Cc1nn(C)c(C)c1/C=C/C(=O)NCC1(c2ccccc2)CCCC1. The van der Waals surface area contributed by atoms with Gasteiger partial charge in [0.25, 0.3) is 0 Å². The molecule has 4 nitrogen and oxygen atoms in total. The third kappa shape index (κ3) is 3.68. The van der Waals surface area contributed by atoms with Gasteiger partial charge in [0.05, 0.1) is 5.69 Å². The van der Waals surface area contributed by atoms with Crippen molar-refractivity contribution in [2.75, 3.05) is 6.54 Å². The Labute approximate surface area is 149 Å². The highest BCUT2D eigenvalue weighted by molar-refractivity contribution is 5.92. The van der Waals surface area contributed by atoms with Crippen LogP contribution in [0.2, 0.25) is 0 Å². The maximum Gasteiger partial charge on any atom is 0.244 e. The number of nitrogens with one attached hydrogen (secondary N) is 1. The Morgan fingerprint density at radius 1 is 1.24 bits per heavy atom. The molecule has 0 radical (unpaired) electrons. The molecule has 1 amide bonds. The summed E-state index contributed by atoms with van der Waals surface area (Å²) in [6, 6.07) is 10.6. The van der Waals surface area contributed by atoms with E-state index in [2.05, 4.69) is 34.7 Å². The molecule has 132 valence electrons. The van der Waals surface area contributed by atoms with Crippen molar-refractivity contribution in [3.05, 3.63) is 58.9 Å². The van der Waals surface area contributed by atoms with E-state index in [0.29, 0.717) is 6.54 Å². The number of rotatable bonds is 5. The van der Waals surface area contributed by atoms with E-state index in [1.165, 1.54) is 18.4 Å². The second-order valence-electron chi connectivity index (χ2n) is 7.11. The average molecular weight is 337 g/mol. The third-order valence-corrected chi connectivity index (χ3v) is 5.51. The number of hydrogen-bond donors (Lipinski definition) is 1. The molecule has 1 fully saturated rings. The highest BCUT2D eigenvalue weighted by Crippen LogP contribution is 2.40. The van der Waals surface area contributed by atoms with Crippen LogP contribution < -0.4 is 5.32 Å². The summed E-state index contributed by atoms with van der Waals surface area (Å²) in [6.07, 6.45) is 8.24. The van der Waals surface area contributed by atoms with E-state index in [1.807, 2.05) is 37.7 Å². The van der Waals surface area contributed by atoms with Crippen molar-refractivity contribution >= 4 is 12.0 Å². The number of amides is 1. The van der Waals surface area contributed by atoms with E-state index in [4.69, 9.17) is 0 Å². The zero-order valence-electron chi connectivity index (χ0n) is 15.4. The smallest absolute Gasteiger partial charge is 0.244 e. The molecule has 25 heavy (non-hydrogen) atoms. The maximum atomic E-state index is 12.4. The Bertz CT molecular complexity index is 768. The summed E-state index contributed by atoms with van der Waals surface area (Å²) in [5, 5.41) is 7.51. The van der Waals surface area contributed by atoms with Gasteiger partial charge in [-0.1, -0.05) is 43.2 Å². The van der Waals surface area contributed by atoms with Gasteiger partial charge in [-0.05, 0) is 38.3 Å². The molecule has 0 atom stereocenters. The van der Waals surface area contributed by atoms with Crippen molar-refractivity contribution in [3.8, 4) is 0 Å². The fourth-order valence-corrected chi connectivity index (χ4v) is 3.92. The lowest BCUT2D eigenvalue weighted by molar-refractivity contribution is -0.116. The number of carbonyl (C=O) groups excluding carboxylic acids is 1. The second kappa shape index (κ2) is 7.26. The molecule has 1 aliphatic rings. The van der Waals surface area contributed by atoms with Gasteiger partial charge < -0.3 is 5.32 Å². The summed E-state index contributed by atoms with van der Waals surface area (Å²) in [7, 11) is 1.92. The zero-order valence-corrected chi connectivity index (χ0v) is 15.4. The minimum atomic E-state index is -0.0372. The summed E-state index contributed by atoms with van der Waals surface area (Å²) in [5.74, 6) is -0.0372. The molecule has 1 aromatic heterocycles. The van der Waals surface area contributed by atoms with Crippen LogP contribution in [0, 0.1) is 13.8 Å². The van der Waals surface area contributed by atoms with Crippen molar-refractivity contribution in [1.29, 1.82) is 0 Å². The highest BCUT2D eigenvalue weighted by Gasteiger charge is 2.35. The van der Waals surface area contributed by atoms with Gasteiger partial charge >= 0.3 is 0 Å². The molecule has 1 heterocycles. The number of nitrogens with zero attached hydrogens (tertiary/aromatic N) is 2. The van der Waals surface area contributed by atoms with Gasteiger partial charge in [-0.15, -0.1) is 0 Å². The van der Waals surface area contributed by atoms with Crippen molar-refractivity contribution in [2.24, 2.45) is 7.05 Å². The molecule has 0 saturated heterocycles. The van der Waals surface area contributed by atoms with Gasteiger partial charge in [0.1, 0.15) is 0 Å². The number of aryl methyl sites for hydroxylation is 2. The molecule has 3 rings (SSSR count). The predicted octanol–water partition coefficient (Wildman–Crippen LogP) is 3.68. The van der Waals surface area contributed by atoms with Crippen LogP contribution in [-0.4, -0.2) is 22.2 Å². The van der Waals surface area contributed by atoms with E-state index in [9.17, 15) is 4.79 Å². The lowest BCUT2D eigenvalue weighted by Gasteiger charge is -2.29. The van der Waals surface area contributed by atoms with Crippen LogP contribution in [-0.2, 0) is 17.3 Å². The number of benzene rings is 1. The van der Waals surface area contributed by atoms with E-state index >= 15 is 0 Å². The quantitative estimate of drug-likeness (QED) is 0.846. The van der Waals surface area contributed by atoms with Crippen molar-refractivity contribution in [3.63, 3.8) is 0 Å². The largest absolute Gasteiger partial charge is 0.352 e. The summed E-state index contributed by atoms with van der Waals surface area (Å²) >= 11 is 0. The van der Waals surface area contributed by atoms with Gasteiger partial charge in [0.2, 0.25) is 5.91 Å². The van der Waals surface area contributed by atoms with Gasteiger partial charge in [-0.2, -0.15) is 5.10 Å². The molecule has 2 aromatic rings. The second-order valence-corrected chi connectivity index (χ2v) is 7.11. The van der Waals surface area contributed by atoms with Gasteiger partial charge in [-0.3, -0.25) is 9.48 Å². The first-order valence-corrected chi connectivity index (χ1v) is 9.03. The Balaban J connectivity index is 1.67. The Morgan fingerprint density at radius 2 is 1.92 bits per heavy atom. The molecule has 1 saturated carbocycles. The molecule has 1 N–H and O–H groups in total. The highest BCUT2D eigenvalue weighted by atomic mass is 16.1. The lowest BCUT2D eigenvalue weighted by Crippen LogP contribution is -2.38. The Hall–Kier alpha value is -2.36. The summed E-state index contributed by atoms with van der Waals surface area (Å²) in [5.41, 5.74) is 4.47. The fraction of sp³-hybridized carbons (Fsp3) is 0.429. The first-order chi connectivity index (χ1) is 12.0. The minimum Gasteiger partial charge on any atom is -0.352 e. The van der Waals surface area contributed by atoms with Crippen LogP contribution in [0.15, 0.2) is 36.4 Å². The molecule has 0 bridgehead atoms. The van der Waals surface area contributed by atoms with Crippen LogP contribution >= 0.6 is 0 Å². The topological polar surface area (TPSA) is 46.9 Å². The molecule has 0 unspecified atom stereocenters. The van der Waals surface area contributed by atoms with Crippen molar-refractivity contribution in [2.45, 2.75) is 44.9 Å². The molecule has 0 spiro atoms. The number of aromatic nitrogens is 2. The van der Waals surface area contributed by atoms with Gasteiger partial charge in [0, 0.05) is 36.3 Å². The van der Waals surface area contributed by atoms with Crippen LogP contribution in [0.4, 0.5) is 0 Å². The van der Waals surface area contributed by atoms with Crippen LogP contribution in [0.5, 0.6) is 0 Å². The monoisotopic (exact) mass is 337 g/mol. The van der Waals surface area contributed by atoms with E-state index < -0.39 is 0 Å². The standard InChI is InChI=1S/C21H27N3O/c1-16-19(17(2)24(3)23-16)11-12-20(25)22-15-21(13-7-8-14-21)18-9-5-4-6-10-18/h4-6,9-12H,7-8,13-15H2,1-3H3,(H,22,25)/b12-11+. The third-order valence-electron chi connectivity index (χ3n) is 5.51. The minimum absolute atomic E-state index is 0.0372. The summed E-state index contributed by atoms with van der Waals surface area (Å²) < 4.78 is 1.84. The molecular formula is C21H27N3O. The summed E-state index contributed by atoms with van der Waals surface area (Å²) in [4.78, 5) is 12.4. The first kappa shape index (κ1) is 17.5. The molecule has 1 aliphatic carbocycles. The maximum absolute atomic E-state index is 12.4. The lowest BCUT2D eigenvalue weighted by atomic mass is 9.79.